The number of aryl methyl sites for hydroxylation is 1. The Bertz CT molecular complexity index is 1100. The molecular formula is C21H27FN8O. The van der Waals surface area contributed by atoms with E-state index in [1.54, 1.807) is 6.20 Å². The van der Waals surface area contributed by atoms with E-state index >= 15 is 0 Å². The van der Waals surface area contributed by atoms with Gasteiger partial charge < -0.3 is 14.2 Å². The minimum Gasteiger partial charge on any atom is -0.467 e. The van der Waals surface area contributed by atoms with E-state index < -0.39 is 5.82 Å². The van der Waals surface area contributed by atoms with Crippen LogP contribution in [0.25, 0.3) is 22.6 Å². The van der Waals surface area contributed by atoms with Crippen LogP contribution in [0.4, 0.5) is 4.39 Å². The van der Waals surface area contributed by atoms with E-state index in [9.17, 15) is 4.39 Å². The zero-order valence-corrected chi connectivity index (χ0v) is 18.3. The number of halogens is 1. The molecule has 0 N–H and O–H groups in total. The fraction of sp³-hybridized carbons (Fsp3) is 0.476. The summed E-state index contributed by atoms with van der Waals surface area (Å²) in [6.07, 6.45) is 5.81. The Morgan fingerprint density at radius 3 is 2.81 bits per heavy atom. The summed E-state index contributed by atoms with van der Waals surface area (Å²) >= 11 is 0. The second kappa shape index (κ2) is 8.93. The maximum atomic E-state index is 13.9. The monoisotopic (exact) mass is 426 g/mol. The Morgan fingerprint density at radius 2 is 2.06 bits per heavy atom. The lowest BCUT2D eigenvalue weighted by atomic mass is 10.1. The third-order valence-electron chi connectivity index (χ3n) is 5.22. The summed E-state index contributed by atoms with van der Waals surface area (Å²) in [6, 6.07) is 1.71. The summed E-state index contributed by atoms with van der Waals surface area (Å²) in [7, 11) is 5.68. The molecule has 31 heavy (non-hydrogen) atoms. The third kappa shape index (κ3) is 4.63. The maximum absolute atomic E-state index is 13.9. The number of hydrogen-bond acceptors (Lipinski definition) is 8. The topological polar surface area (TPSA) is 84.6 Å². The molecular weight excluding hydrogens is 399 g/mol. The largest absolute Gasteiger partial charge is 0.467 e. The number of nitrogens with zero attached hydrogens (tertiary/aromatic N) is 8. The zero-order valence-electron chi connectivity index (χ0n) is 18.3. The van der Waals surface area contributed by atoms with E-state index in [0.29, 0.717) is 34.8 Å². The number of imidazole rings is 1. The number of ether oxygens (including phenoxy) is 1. The van der Waals surface area contributed by atoms with Crippen LogP contribution in [0.3, 0.4) is 0 Å². The maximum Gasteiger partial charge on any atom is 0.318 e. The highest BCUT2D eigenvalue weighted by atomic mass is 19.1. The number of aromatic nitrogens is 5. The summed E-state index contributed by atoms with van der Waals surface area (Å²) in [6.45, 7) is 5.22. The number of methoxy groups -OCH3 is 1. The Labute approximate surface area is 180 Å². The van der Waals surface area contributed by atoms with Gasteiger partial charge in [-0.25, -0.2) is 9.37 Å². The first kappa shape index (κ1) is 21.1. The van der Waals surface area contributed by atoms with Gasteiger partial charge in [-0.3, -0.25) is 9.99 Å². The standard InChI is InChI=1S/C21H27FN8O/c1-14-18-20(27-21(25-14)31-4)30(19(26-18)16-8-17(22)11-23-10-16)13-15-9-24-29(12-15)7-5-6-28(2)3/h8-11,15H,5-7,12-13H2,1-4H3. The van der Waals surface area contributed by atoms with E-state index in [1.165, 1.54) is 19.4 Å². The second-order valence-corrected chi connectivity index (χ2v) is 8.00. The van der Waals surface area contributed by atoms with Crippen molar-refractivity contribution in [2.75, 3.05) is 40.8 Å². The molecule has 0 saturated heterocycles. The van der Waals surface area contributed by atoms with Gasteiger partial charge >= 0.3 is 6.01 Å². The predicted octanol–water partition coefficient (Wildman–Crippen LogP) is 2.21. The zero-order chi connectivity index (χ0) is 22.0. The van der Waals surface area contributed by atoms with Gasteiger partial charge in [0.2, 0.25) is 0 Å². The molecule has 1 atom stereocenters. The molecule has 0 amide bonds. The summed E-state index contributed by atoms with van der Waals surface area (Å²) < 4.78 is 21.1. The van der Waals surface area contributed by atoms with Crippen LogP contribution >= 0.6 is 0 Å². The lowest BCUT2D eigenvalue weighted by Crippen LogP contribution is -2.25. The van der Waals surface area contributed by atoms with Crippen LogP contribution in [0, 0.1) is 18.7 Å². The molecule has 1 unspecified atom stereocenters. The first-order chi connectivity index (χ1) is 14.9. The molecule has 0 fully saturated rings. The molecule has 9 nitrogen and oxygen atoms in total. The summed E-state index contributed by atoms with van der Waals surface area (Å²) in [4.78, 5) is 19.8. The van der Waals surface area contributed by atoms with E-state index in [4.69, 9.17) is 9.72 Å². The molecule has 0 spiro atoms. The lowest BCUT2D eigenvalue weighted by Gasteiger charge is -2.18. The lowest BCUT2D eigenvalue weighted by molar-refractivity contribution is 0.267. The molecule has 0 saturated carbocycles. The molecule has 4 heterocycles. The van der Waals surface area contributed by atoms with Gasteiger partial charge in [0.05, 0.1) is 19.0 Å². The minimum absolute atomic E-state index is 0.179. The molecule has 0 radical (unpaired) electrons. The predicted molar refractivity (Wildman–Crippen MR) is 117 cm³/mol. The van der Waals surface area contributed by atoms with Crippen molar-refractivity contribution in [2.24, 2.45) is 11.0 Å². The Morgan fingerprint density at radius 1 is 1.23 bits per heavy atom. The van der Waals surface area contributed by atoms with Gasteiger partial charge in [0.15, 0.2) is 5.65 Å². The Hall–Kier alpha value is -3.14. The molecule has 0 bridgehead atoms. The number of rotatable bonds is 8. The van der Waals surface area contributed by atoms with Gasteiger partial charge in [-0.1, -0.05) is 0 Å². The van der Waals surface area contributed by atoms with E-state index in [2.05, 4.69) is 44.1 Å². The van der Waals surface area contributed by atoms with Crippen LogP contribution in [0.2, 0.25) is 0 Å². The van der Waals surface area contributed by atoms with Crippen LogP contribution in [0.5, 0.6) is 6.01 Å². The van der Waals surface area contributed by atoms with Crippen molar-refractivity contribution in [3.8, 4) is 17.4 Å². The van der Waals surface area contributed by atoms with Gasteiger partial charge in [0.1, 0.15) is 17.2 Å². The summed E-state index contributed by atoms with van der Waals surface area (Å²) in [5.74, 6) is 0.372. The van der Waals surface area contributed by atoms with Crippen LogP contribution in [0.15, 0.2) is 23.6 Å². The average molecular weight is 427 g/mol. The Kier molecular flexibility index (Phi) is 6.08. The smallest absolute Gasteiger partial charge is 0.318 e. The van der Waals surface area contributed by atoms with Crippen molar-refractivity contribution in [2.45, 2.75) is 19.9 Å². The van der Waals surface area contributed by atoms with Crippen molar-refractivity contribution in [1.82, 2.24) is 34.4 Å². The van der Waals surface area contributed by atoms with E-state index in [-0.39, 0.29) is 11.9 Å². The molecule has 10 heteroatoms. The summed E-state index contributed by atoms with van der Waals surface area (Å²) in [5.41, 5.74) is 2.62. The van der Waals surface area contributed by atoms with Crippen molar-refractivity contribution in [1.29, 1.82) is 0 Å². The quantitative estimate of drug-likeness (QED) is 0.546. The van der Waals surface area contributed by atoms with E-state index in [1.807, 2.05) is 17.7 Å². The van der Waals surface area contributed by atoms with Crippen molar-refractivity contribution >= 4 is 17.4 Å². The van der Waals surface area contributed by atoms with Gasteiger partial charge in [0.25, 0.3) is 0 Å². The normalized spacial score (nSPS) is 16.1. The number of fused-ring (bicyclic) bond motifs is 1. The van der Waals surface area contributed by atoms with Gasteiger partial charge in [-0.15, -0.1) is 0 Å². The highest BCUT2D eigenvalue weighted by Gasteiger charge is 2.24. The molecule has 1 aliphatic heterocycles. The first-order valence-corrected chi connectivity index (χ1v) is 10.3. The number of hydrazone groups is 1. The van der Waals surface area contributed by atoms with Gasteiger partial charge in [-0.05, 0) is 40.1 Å². The van der Waals surface area contributed by atoms with Crippen molar-refractivity contribution in [3.05, 3.63) is 30.0 Å². The second-order valence-electron chi connectivity index (χ2n) is 8.00. The van der Waals surface area contributed by atoms with Crippen molar-refractivity contribution in [3.63, 3.8) is 0 Å². The van der Waals surface area contributed by atoms with Gasteiger partial charge in [0, 0.05) is 43.5 Å². The number of hydrogen-bond donors (Lipinski definition) is 0. The van der Waals surface area contributed by atoms with Crippen LogP contribution in [-0.2, 0) is 6.54 Å². The van der Waals surface area contributed by atoms with Crippen LogP contribution in [0.1, 0.15) is 12.1 Å². The fourth-order valence-corrected chi connectivity index (χ4v) is 3.74. The molecule has 0 aliphatic carbocycles. The molecule has 3 aromatic heterocycles. The molecule has 164 valence electrons. The first-order valence-electron chi connectivity index (χ1n) is 10.3. The molecule has 3 aromatic rings. The molecule has 4 rings (SSSR count). The average Bonchev–Trinajstić information content (AvgIpc) is 3.33. The summed E-state index contributed by atoms with van der Waals surface area (Å²) in [5, 5.41) is 6.66. The SMILES string of the molecule is COc1nc(C)c2nc(-c3cncc(F)c3)n(CC3C=NN(CCCN(C)C)C3)c2n1. The minimum atomic E-state index is -0.411. The van der Waals surface area contributed by atoms with Crippen LogP contribution < -0.4 is 4.74 Å². The van der Waals surface area contributed by atoms with Gasteiger partial charge in [-0.2, -0.15) is 15.1 Å². The van der Waals surface area contributed by atoms with Crippen LogP contribution in [-0.4, -0.2) is 81.5 Å². The van der Waals surface area contributed by atoms with E-state index in [0.717, 1.165) is 26.1 Å². The van der Waals surface area contributed by atoms with Crippen molar-refractivity contribution < 1.29 is 9.13 Å². The number of pyridine rings is 1. The highest BCUT2D eigenvalue weighted by Crippen LogP contribution is 2.28. The molecule has 1 aliphatic rings. The molecule has 0 aromatic carbocycles. The fourth-order valence-electron chi connectivity index (χ4n) is 3.74. The third-order valence-corrected chi connectivity index (χ3v) is 5.22. The Balaban J connectivity index is 1.65. The highest BCUT2D eigenvalue weighted by molar-refractivity contribution is 5.79.